The standard InChI is InChI=1S/C29H35ClN4O4S/c1-5-8-16-39-29-32-28-31-19(4)25(27(35)37-15-6-2)26(34(28)33-29)20-13-14-23(24(17-20)36-7-3)38-18-21-11-9-10-12-22(21)30/h9-14,17,26H,5-8,15-16,18H2,1-4H3,(H,31,32,33). The molecule has 1 N–H and O–H groups in total. The van der Waals surface area contributed by atoms with E-state index in [1.807, 2.05) is 63.2 Å². The molecular weight excluding hydrogens is 536 g/mol. The van der Waals surface area contributed by atoms with Crippen LogP contribution in [0.5, 0.6) is 11.5 Å². The normalized spacial score (nSPS) is 14.5. The van der Waals surface area contributed by atoms with Gasteiger partial charge in [-0.05, 0) is 50.5 Å². The molecule has 0 aliphatic carbocycles. The lowest BCUT2D eigenvalue weighted by atomic mass is 9.95. The first-order valence-electron chi connectivity index (χ1n) is 13.3. The molecular formula is C29H35ClN4O4S. The number of hydrogen-bond acceptors (Lipinski definition) is 8. The average molecular weight is 571 g/mol. The van der Waals surface area contributed by atoms with Gasteiger partial charge in [0.1, 0.15) is 12.6 Å². The van der Waals surface area contributed by atoms with E-state index in [1.54, 1.807) is 16.4 Å². The Morgan fingerprint density at radius 1 is 1.10 bits per heavy atom. The fourth-order valence-electron chi connectivity index (χ4n) is 4.20. The molecule has 0 radical (unpaired) electrons. The van der Waals surface area contributed by atoms with Crippen LogP contribution in [-0.4, -0.2) is 39.7 Å². The quantitative estimate of drug-likeness (QED) is 0.133. The second-order valence-corrected chi connectivity index (χ2v) is 10.6. The third-order valence-electron chi connectivity index (χ3n) is 6.14. The Bertz CT molecular complexity index is 1330. The zero-order valence-corrected chi connectivity index (χ0v) is 24.4. The van der Waals surface area contributed by atoms with Gasteiger partial charge in [-0.3, -0.25) is 0 Å². The number of nitrogens with one attached hydrogen (secondary N) is 1. The number of halogens is 1. The maximum Gasteiger partial charge on any atom is 0.338 e. The first-order valence-corrected chi connectivity index (χ1v) is 14.7. The molecule has 1 atom stereocenters. The van der Waals surface area contributed by atoms with E-state index in [-0.39, 0.29) is 5.97 Å². The molecule has 208 valence electrons. The van der Waals surface area contributed by atoms with Crippen molar-refractivity contribution >= 4 is 35.3 Å². The average Bonchev–Trinajstić information content (AvgIpc) is 3.33. The van der Waals surface area contributed by atoms with Crippen molar-refractivity contribution in [2.75, 3.05) is 24.3 Å². The molecule has 39 heavy (non-hydrogen) atoms. The van der Waals surface area contributed by atoms with Gasteiger partial charge in [0, 0.05) is 22.0 Å². The molecule has 0 amide bonds. The smallest absolute Gasteiger partial charge is 0.338 e. The van der Waals surface area contributed by atoms with Gasteiger partial charge < -0.3 is 19.5 Å². The topological polar surface area (TPSA) is 87.5 Å². The third-order valence-corrected chi connectivity index (χ3v) is 7.44. The summed E-state index contributed by atoms with van der Waals surface area (Å²) in [4.78, 5) is 18.0. The predicted molar refractivity (Wildman–Crippen MR) is 155 cm³/mol. The van der Waals surface area contributed by atoms with Gasteiger partial charge in [-0.2, -0.15) is 4.98 Å². The van der Waals surface area contributed by atoms with Crippen molar-refractivity contribution in [1.29, 1.82) is 0 Å². The summed E-state index contributed by atoms with van der Waals surface area (Å²) in [7, 11) is 0. The maximum atomic E-state index is 13.3. The molecule has 0 bridgehead atoms. The van der Waals surface area contributed by atoms with Crippen molar-refractivity contribution in [2.45, 2.75) is 64.8 Å². The van der Waals surface area contributed by atoms with Crippen LogP contribution in [0.1, 0.15) is 64.1 Å². The molecule has 1 aliphatic rings. The van der Waals surface area contributed by atoms with Crippen LogP contribution in [0, 0.1) is 0 Å². The fraction of sp³-hybridized carbons (Fsp3) is 0.414. The number of ether oxygens (including phenoxy) is 3. The minimum Gasteiger partial charge on any atom is -0.490 e. The lowest BCUT2D eigenvalue weighted by Gasteiger charge is -2.28. The lowest BCUT2D eigenvalue weighted by molar-refractivity contribution is -0.139. The number of hydrogen-bond donors (Lipinski definition) is 1. The Morgan fingerprint density at radius 3 is 2.67 bits per heavy atom. The van der Waals surface area contributed by atoms with Gasteiger partial charge in [-0.25, -0.2) is 9.48 Å². The molecule has 3 aromatic rings. The molecule has 1 aliphatic heterocycles. The van der Waals surface area contributed by atoms with E-state index in [0.717, 1.165) is 36.1 Å². The van der Waals surface area contributed by atoms with E-state index < -0.39 is 6.04 Å². The van der Waals surface area contributed by atoms with Gasteiger partial charge in [-0.1, -0.05) is 67.9 Å². The number of thioether (sulfide) groups is 1. The molecule has 8 nitrogen and oxygen atoms in total. The predicted octanol–water partition coefficient (Wildman–Crippen LogP) is 7.04. The van der Waals surface area contributed by atoms with Crippen molar-refractivity contribution in [3.05, 3.63) is 69.9 Å². The van der Waals surface area contributed by atoms with Gasteiger partial charge >= 0.3 is 5.97 Å². The van der Waals surface area contributed by atoms with Crippen LogP contribution in [0.2, 0.25) is 5.02 Å². The lowest BCUT2D eigenvalue weighted by Crippen LogP contribution is -2.29. The zero-order valence-electron chi connectivity index (χ0n) is 22.8. The van der Waals surface area contributed by atoms with E-state index in [0.29, 0.717) is 58.7 Å². The van der Waals surface area contributed by atoms with Crippen molar-refractivity contribution in [3.63, 3.8) is 0 Å². The second kappa shape index (κ2) is 13.8. The van der Waals surface area contributed by atoms with Gasteiger partial charge in [0.15, 0.2) is 11.5 Å². The van der Waals surface area contributed by atoms with Gasteiger partial charge in [-0.15, -0.1) is 5.10 Å². The number of fused-ring (bicyclic) bond motifs is 1. The minimum atomic E-state index is -0.546. The summed E-state index contributed by atoms with van der Waals surface area (Å²) in [5.41, 5.74) is 2.86. The molecule has 0 saturated heterocycles. The molecule has 1 unspecified atom stereocenters. The number of anilines is 1. The molecule has 0 saturated carbocycles. The number of aromatic nitrogens is 3. The summed E-state index contributed by atoms with van der Waals surface area (Å²) in [5.74, 6) is 2.28. The van der Waals surface area contributed by atoms with Gasteiger partial charge in [0.25, 0.3) is 0 Å². The summed E-state index contributed by atoms with van der Waals surface area (Å²) in [5, 5.41) is 9.35. The molecule has 2 aromatic carbocycles. The van der Waals surface area contributed by atoms with E-state index in [9.17, 15) is 4.79 Å². The van der Waals surface area contributed by atoms with E-state index >= 15 is 0 Å². The van der Waals surface area contributed by atoms with Crippen molar-refractivity contribution in [1.82, 2.24) is 14.8 Å². The van der Waals surface area contributed by atoms with E-state index in [2.05, 4.69) is 12.2 Å². The Morgan fingerprint density at radius 2 is 1.92 bits per heavy atom. The highest BCUT2D eigenvalue weighted by Crippen LogP contribution is 2.40. The van der Waals surface area contributed by atoms with Crippen LogP contribution in [0.3, 0.4) is 0 Å². The van der Waals surface area contributed by atoms with Crippen LogP contribution in [0.15, 0.2) is 58.9 Å². The number of nitrogens with zero attached hydrogens (tertiary/aromatic N) is 3. The largest absolute Gasteiger partial charge is 0.490 e. The second-order valence-electron chi connectivity index (χ2n) is 9.09. The first-order chi connectivity index (χ1) is 19.0. The van der Waals surface area contributed by atoms with E-state index in [1.165, 1.54) is 0 Å². The summed E-state index contributed by atoms with van der Waals surface area (Å²) in [6.45, 7) is 8.99. The molecule has 4 rings (SSSR count). The van der Waals surface area contributed by atoms with Gasteiger partial charge in [0.2, 0.25) is 11.1 Å². The van der Waals surface area contributed by atoms with Crippen LogP contribution in [0.25, 0.3) is 0 Å². The fourth-order valence-corrected chi connectivity index (χ4v) is 5.30. The number of benzene rings is 2. The van der Waals surface area contributed by atoms with Crippen LogP contribution >= 0.6 is 23.4 Å². The van der Waals surface area contributed by atoms with Gasteiger partial charge in [0.05, 0.1) is 18.8 Å². The van der Waals surface area contributed by atoms with Crippen LogP contribution in [-0.2, 0) is 16.1 Å². The van der Waals surface area contributed by atoms with Crippen molar-refractivity contribution in [3.8, 4) is 11.5 Å². The first kappa shape index (κ1) is 28.8. The Balaban J connectivity index is 1.71. The maximum absolute atomic E-state index is 13.3. The number of carbonyl (C=O) groups is 1. The molecule has 0 fully saturated rings. The Labute approximate surface area is 239 Å². The highest BCUT2D eigenvalue weighted by molar-refractivity contribution is 7.99. The number of rotatable bonds is 13. The molecule has 2 heterocycles. The molecule has 0 spiro atoms. The third kappa shape index (κ3) is 6.89. The summed E-state index contributed by atoms with van der Waals surface area (Å²) < 4.78 is 19.4. The van der Waals surface area contributed by atoms with Crippen LogP contribution in [0.4, 0.5) is 5.95 Å². The number of esters is 1. The molecule has 1 aromatic heterocycles. The Hall–Kier alpha value is -3.17. The summed E-state index contributed by atoms with van der Waals surface area (Å²) in [6, 6.07) is 12.7. The van der Waals surface area contributed by atoms with Crippen molar-refractivity contribution in [2.24, 2.45) is 0 Å². The molecule has 10 heteroatoms. The summed E-state index contributed by atoms with van der Waals surface area (Å²) >= 11 is 7.93. The monoisotopic (exact) mass is 570 g/mol. The zero-order chi connectivity index (χ0) is 27.8. The number of carbonyl (C=O) groups excluding carboxylic acids is 1. The highest BCUT2D eigenvalue weighted by Gasteiger charge is 2.35. The van der Waals surface area contributed by atoms with Crippen LogP contribution < -0.4 is 14.8 Å². The SMILES string of the molecule is CCCCSc1nc2n(n1)C(c1ccc(OCc3ccccc3Cl)c(OCC)c1)C(C(=O)OCCC)=C(C)N2. The summed E-state index contributed by atoms with van der Waals surface area (Å²) in [6.07, 6.45) is 2.90. The number of allylic oxidation sites excluding steroid dienone is 1. The number of unbranched alkanes of at least 4 members (excludes halogenated alkanes) is 1. The Kier molecular flexibility index (Phi) is 10.2. The highest BCUT2D eigenvalue weighted by atomic mass is 35.5. The van der Waals surface area contributed by atoms with Crippen molar-refractivity contribution < 1.29 is 19.0 Å². The minimum absolute atomic E-state index is 0.297. The van der Waals surface area contributed by atoms with E-state index in [4.69, 9.17) is 35.9 Å².